The molecule has 1 atom stereocenters. The summed E-state index contributed by atoms with van der Waals surface area (Å²) in [5.41, 5.74) is -0.323. The molecule has 0 saturated carbocycles. The molecule has 0 aliphatic carbocycles. The summed E-state index contributed by atoms with van der Waals surface area (Å²) in [6.07, 6.45) is 1.07. The fraction of sp³-hybridized carbons (Fsp3) is 0.846. The monoisotopic (exact) mass is 256 g/mol. The molecule has 1 aliphatic heterocycles. The number of ether oxygens (including phenoxy) is 1. The molecule has 0 spiro atoms. The number of carbonyl (C=O) groups excluding carboxylic acids is 2. The largest absolute Gasteiger partial charge is 0.375 e. The maximum absolute atomic E-state index is 12.0. The highest BCUT2D eigenvalue weighted by Gasteiger charge is 2.38. The van der Waals surface area contributed by atoms with Gasteiger partial charge in [0.2, 0.25) is 11.8 Å². The first kappa shape index (κ1) is 15.1. The fourth-order valence-corrected chi connectivity index (χ4v) is 2.11. The first-order valence-electron chi connectivity index (χ1n) is 6.62. The third kappa shape index (κ3) is 3.78. The summed E-state index contributed by atoms with van der Waals surface area (Å²) in [6.45, 7) is 9.54. The smallest absolute Gasteiger partial charge is 0.246 e. The van der Waals surface area contributed by atoms with E-state index in [1.807, 2.05) is 27.7 Å². The van der Waals surface area contributed by atoms with Crippen LogP contribution in [0.25, 0.3) is 0 Å². The zero-order chi connectivity index (χ0) is 13.8. The molecule has 0 aromatic heterocycles. The average molecular weight is 256 g/mol. The SMILES string of the molecule is CCCN1C(=O)CC(NCC(C)(C)OCC)C1=O. The second-order valence-electron chi connectivity index (χ2n) is 5.21. The van der Waals surface area contributed by atoms with Gasteiger partial charge in [0.15, 0.2) is 0 Å². The number of nitrogens with zero attached hydrogens (tertiary/aromatic N) is 1. The molecule has 18 heavy (non-hydrogen) atoms. The van der Waals surface area contributed by atoms with E-state index >= 15 is 0 Å². The van der Waals surface area contributed by atoms with Crippen LogP contribution in [0.1, 0.15) is 40.5 Å². The maximum atomic E-state index is 12.0. The van der Waals surface area contributed by atoms with Crippen LogP contribution < -0.4 is 5.32 Å². The van der Waals surface area contributed by atoms with Crippen molar-refractivity contribution < 1.29 is 14.3 Å². The molecule has 0 radical (unpaired) electrons. The van der Waals surface area contributed by atoms with Gasteiger partial charge in [0, 0.05) is 19.7 Å². The highest BCUT2D eigenvalue weighted by molar-refractivity contribution is 6.05. The van der Waals surface area contributed by atoms with Gasteiger partial charge in [-0.1, -0.05) is 6.92 Å². The zero-order valence-corrected chi connectivity index (χ0v) is 11.8. The third-order valence-electron chi connectivity index (χ3n) is 3.00. The lowest BCUT2D eigenvalue weighted by atomic mass is 10.1. The van der Waals surface area contributed by atoms with Crippen molar-refractivity contribution in [3.63, 3.8) is 0 Å². The Morgan fingerprint density at radius 2 is 2.06 bits per heavy atom. The number of nitrogens with one attached hydrogen (secondary N) is 1. The van der Waals surface area contributed by atoms with Gasteiger partial charge in [0.25, 0.3) is 0 Å². The summed E-state index contributed by atoms with van der Waals surface area (Å²) < 4.78 is 5.55. The standard InChI is InChI=1S/C13H24N2O3/c1-5-7-15-11(16)8-10(12(15)17)14-9-13(3,4)18-6-2/h10,14H,5-9H2,1-4H3. The van der Waals surface area contributed by atoms with Crippen LogP contribution in [-0.2, 0) is 14.3 Å². The summed E-state index contributed by atoms with van der Waals surface area (Å²) in [5, 5.41) is 3.14. The second-order valence-corrected chi connectivity index (χ2v) is 5.21. The molecule has 1 fully saturated rings. The van der Waals surface area contributed by atoms with Gasteiger partial charge in [-0.25, -0.2) is 0 Å². The molecule has 1 saturated heterocycles. The minimum Gasteiger partial charge on any atom is -0.375 e. The number of hydrogen-bond donors (Lipinski definition) is 1. The molecule has 0 aromatic rings. The van der Waals surface area contributed by atoms with Crippen molar-refractivity contribution in [1.82, 2.24) is 10.2 Å². The predicted octanol–water partition coefficient (Wildman–Crippen LogP) is 0.929. The van der Waals surface area contributed by atoms with Crippen molar-refractivity contribution in [3.8, 4) is 0 Å². The summed E-state index contributed by atoms with van der Waals surface area (Å²) in [4.78, 5) is 25.0. The number of rotatable bonds is 7. The first-order chi connectivity index (χ1) is 8.41. The van der Waals surface area contributed by atoms with Crippen molar-refractivity contribution in [2.75, 3.05) is 19.7 Å². The zero-order valence-electron chi connectivity index (χ0n) is 11.8. The van der Waals surface area contributed by atoms with Crippen molar-refractivity contribution in [2.45, 2.75) is 52.2 Å². The third-order valence-corrected chi connectivity index (χ3v) is 3.00. The minimum absolute atomic E-state index is 0.0754. The van der Waals surface area contributed by atoms with E-state index in [9.17, 15) is 9.59 Å². The number of imide groups is 1. The Kier molecular flexibility index (Phi) is 5.28. The van der Waals surface area contributed by atoms with E-state index in [-0.39, 0.29) is 29.9 Å². The summed E-state index contributed by atoms with van der Waals surface area (Å²) in [5.74, 6) is -0.178. The molecule has 1 N–H and O–H groups in total. The van der Waals surface area contributed by atoms with Crippen LogP contribution in [0.15, 0.2) is 0 Å². The van der Waals surface area contributed by atoms with Gasteiger partial charge >= 0.3 is 0 Å². The van der Waals surface area contributed by atoms with E-state index in [2.05, 4.69) is 5.32 Å². The lowest BCUT2D eigenvalue weighted by molar-refractivity contribution is -0.138. The number of likely N-dealkylation sites (tertiary alicyclic amines) is 1. The Morgan fingerprint density at radius 1 is 1.39 bits per heavy atom. The Labute approximate surface area is 109 Å². The number of carbonyl (C=O) groups is 2. The van der Waals surface area contributed by atoms with Crippen molar-refractivity contribution in [2.24, 2.45) is 0 Å². The van der Waals surface area contributed by atoms with Crippen LogP contribution in [0.3, 0.4) is 0 Å². The van der Waals surface area contributed by atoms with Gasteiger partial charge in [0.1, 0.15) is 0 Å². The van der Waals surface area contributed by atoms with Crippen LogP contribution in [0.5, 0.6) is 0 Å². The van der Waals surface area contributed by atoms with E-state index in [4.69, 9.17) is 4.74 Å². The molecule has 1 unspecified atom stereocenters. The molecule has 1 heterocycles. The fourth-order valence-electron chi connectivity index (χ4n) is 2.11. The molecule has 1 aliphatic rings. The molecular weight excluding hydrogens is 232 g/mol. The summed E-state index contributed by atoms with van der Waals surface area (Å²) in [7, 11) is 0. The van der Waals surface area contributed by atoms with Gasteiger partial charge in [-0.05, 0) is 27.2 Å². The van der Waals surface area contributed by atoms with Crippen LogP contribution in [0.2, 0.25) is 0 Å². The van der Waals surface area contributed by atoms with Crippen molar-refractivity contribution >= 4 is 11.8 Å². The normalized spacial score (nSPS) is 20.9. The van der Waals surface area contributed by atoms with Gasteiger partial charge in [-0.3, -0.25) is 14.5 Å². The highest BCUT2D eigenvalue weighted by atomic mass is 16.5. The van der Waals surface area contributed by atoms with E-state index in [0.717, 1.165) is 6.42 Å². The molecule has 104 valence electrons. The summed E-state index contributed by atoms with van der Waals surface area (Å²) in [6, 6.07) is -0.385. The Bertz CT molecular complexity index is 315. The molecular formula is C13H24N2O3. The average Bonchev–Trinajstić information content (AvgIpc) is 2.55. The van der Waals surface area contributed by atoms with Crippen LogP contribution in [-0.4, -0.2) is 48.1 Å². The van der Waals surface area contributed by atoms with Gasteiger partial charge in [0.05, 0.1) is 18.1 Å². The van der Waals surface area contributed by atoms with Crippen LogP contribution in [0, 0.1) is 0 Å². The van der Waals surface area contributed by atoms with E-state index in [0.29, 0.717) is 19.7 Å². The van der Waals surface area contributed by atoms with E-state index in [1.165, 1.54) is 4.90 Å². The van der Waals surface area contributed by atoms with E-state index in [1.54, 1.807) is 0 Å². The van der Waals surface area contributed by atoms with Crippen molar-refractivity contribution in [3.05, 3.63) is 0 Å². The number of amides is 2. The topological polar surface area (TPSA) is 58.6 Å². The summed E-state index contributed by atoms with van der Waals surface area (Å²) >= 11 is 0. The Hall–Kier alpha value is -0.940. The Balaban J connectivity index is 2.50. The molecule has 0 aromatic carbocycles. The predicted molar refractivity (Wildman–Crippen MR) is 69.1 cm³/mol. The molecule has 1 rings (SSSR count). The molecule has 5 heteroatoms. The molecule has 2 amide bonds. The lowest BCUT2D eigenvalue weighted by Gasteiger charge is -2.26. The quantitative estimate of drug-likeness (QED) is 0.688. The maximum Gasteiger partial charge on any atom is 0.246 e. The lowest BCUT2D eigenvalue weighted by Crippen LogP contribution is -2.46. The number of hydrogen-bond acceptors (Lipinski definition) is 4. The molecule has 5 nitrogen and oxygen atoms in total. The minimum atomic E-state index is -0.385. The Morgan fingerprint density at radius 3 is 2.61 bits per heavy atom. The van der Waals surface area contributed by atoms with Gasteiger partial charge < -0.3 is 10.1 Å². The van der Waals surface area contributed by atoms with Gasteiger partial charge in [-0.15, -0.1) is 0 Å². The van der Waals surface area contributed by atoms with E-state index < -0.39 is 0 Å². The second kappa shape index (κ2) is 6.29. The highest BCUT2D eigenvalue weighted by Crippen LogP contribution is 2.15. The van der Waals surface area contributed by atoms with Gasteiger partial charge in [-0.2, -0.15) is 0 Å². The van der Waals surface area contributed by atoms with Crippen LogP contribution >= 0.6 is 0 Å². The molecule has 0 bridgehead atoms. The first-order valence-corrected chi connectivity index (χ1v) is 6.62. The van der Waals surface area contributed by atoms with Crippen molar-refractivity contribution in [1.29, 1.82) is 0 Å². The van der Waals surface area contributed by atoms with Crippen LogP contribution in [0.4, 0.5) is 0 Å².